The van der Waals surface area contributed by atoms with Crippen molar-refractivity contribution in [1.82, 2.24) is 0 Å². The van der Waals surface area contributed by atoms with Crippen LogP contribution in [0.25, 0.3) is 0 Å². The van der Waals surface area contributed by atoms with Crippen molar-refractivity contribution in [2.24, 2.45) is 0 Å². The first kappa shape index (κ1) is 18.3. The Morgan fingerprint density at radius 3 is 2.68 bits per heavy atom. The zero-order valence-corrected chi connectivity index (χ0v) is 16.4. The Morgan fingerprint density at radius 1 is 1.04 bits per heavy atom. The summed E-state index contributed by atoms with van der Waals surface area (Å²) in [4.78, 5) is 28.2. The van der Waals surface area contributed by atoms with E-state index in [1.807, 2.05) is 23.6 Å². The second kappa shape index (κ2) is 7.86. The number of rotatable bonds is 5. The van der Waals surface area contributed by atoms with Gasteiger partial charge >= 0.3 is 0 Å². The van der Waals surface area contributed by atoms with Gasteiger partial charge in [0.05, 0.1) is 16.1 Å². The van der Waals surface area contributed by atoms with E-state index in [1.54, 1.807) is 30.3 Å². The van der Waals surface area contributed by atoms with Crippen molar-refractivity contribution < 1.29 is 9.59 Å². The number of para-hydroxylation sites is 1. The number of thiophene rings is 1. The predicted octanol–water partition coefficient (Wildman–Crippen LogP) is 4.64. The van der Waals surface area contributed by atoms with E-state index in [9.17, 15) is 9.59 Å². The zero-order chi connectivity index (χ0) is 19.5. The van der Waals surface area contributed by atoms with Gasteiger partial charge in [-0.15, -0.1) is 11.3 Å². The third-order valence-corrected chi connectivity index (χ3v) is 5.75. The topological polar surface area (TPSA) is 61.4 Å². The van der Waals surface area contributed by atoms with Crippen molar-refractivity contribution in [3.05, 3.63) is 76.0 Å². The molecule has 2 N–H and O–H groups in total. The highest BCUT2D eigenvalue weighted by Crippen LogP contribution is 2.31. The molecular weight excluding hydrogens is 370 g/mol. The first-order valence-corrected chi connectivity index (χ1v) is 10.2. The molecule has 1 aromatic heterocycles. The molecular formula is C22H21N3O2S. The average Bonchev–Trinajstić information content (AvgIpc) is 3.38. The Hall–Kier alpha value is -3.12. The largest absolute Gasteiger partial charge is 0.371 e. The highest BCUT2D eigenvalue weighted by molar-refractivity contribution is 7.12. The van der Waals surface area contributed by atoms with E-state index in [1.165, 1.54) is 22.6 Å². The third-order valence-electron chi connectivity index (χ3n) is 4.88. The van der Waals surface area contributed by atoms with Crippen molar-refractivity contribution in [1.29, 1.82) is 0 Å². The summed E-state index contributed by atoms with van der Waals surface area (Å²) in [6, 6.07) is 16.7. The molecule has 0 fully saturated rings. The van der Waals surface area contributed by atoms with E-state index in [4.69, 9.17) is 0 Å². The summed E-state index contributed by atoms with van der Waals surface area (Å²) in [5.41, 5.74) is 4.17. The summed E-state index contributed by atoms with van der Waals surface area (Å²) in [6.07, 6.45) is 1.04. The minimum absolute atomic E-state index is 0.216. The van der Waals surface area contributed by atoms with Crippen LogP contribution < -0.4 is 15.5 Å². The fourth-order valence-corrected chi connectivity index (χ4v) is 4.05. The molecule has 0 bridgehead atoms. The van der Waals surface area contributed by atoms with Crippen LogP contribution in [-0.4, -0.2) is 24.9 Å². The van der Waals surface area contributed by atoms with E-state index in [0.29, 0.717) is 16.1 Å². The lowest BCUT2D eigenvalue weighted by molar-refractivity contribution is 0.102. The Balaban J connectivity index is 1.54. The predicted molar refractivity (Wildman–Crippen MR) is 115 cm³/mol. The van der Waals surface area contributed by atoms with E-state index >= 15 is 0 Å². The lowest BCUT2D eigenvalue weighted by Crippen LogP contribution is -2.20. The van der Waals surface area contributed by atoms with Crippen LogP contribution in [0.15, 0.2) is 60.0 Å². The van der Waals surface area contributed by atoms with Gasteiger partial charge in [0.15, 0.2) is 0 Å². The average molecular weight is 391 g/mol. The van der Waals surface area contributed by atoms with Crippen LogP contribution in [0.3, 0.4) is 0 Å². The van der Waals surface area contributed by atoms with E-state index in [0.717, 1.165) is 25.2 Å². The minimum atomic E-state index is -0.247. The van der Waals surface area contributed by atoms with Gasteiger partial charge in [-0.3, -0.25) is 9.59 Å². The summed E-state index contributed by atoms with van der Waals surface area (Å²) < 4.78 is 0. The second-order valence-corrected chi connectivity index (χ2v) is 7.55. The fourth-order valence-electron chi connectivity index (χ4n) is 3.43. The highest BCUT2D eigenvalue weighted by Gasteiger charge is 2.19. The highest BCUT2D eigenvalue weighted by atomic mass is 32.1. The molecule has 0 saturated heterocycles. The maximum atomic E-state index is 12.9. The first-order chi connectivity index (χ1) is 13.7. The summed E-state index contributed by atoms with van der Waals surface area (Å²) in [7, 11) is 0. The van der Waals surface area contributed by atoms with Crippen LogP contribution in [0.1, 0.15) is 32.5 Å². The number of carbonyl (C=O) groups is 2. The van der Waals surface area contributed by atoms with Crippen LogP contribution in [0.2, 0.25) is 0 Å². The van der Waals surface area contributed by atoms with Crippen molar-refractivity contribution in [3.63, 3.8) is 0 Å². The number of hydrogen-bond acceptors (Lipinski definition) is 4. The number of benzene rings is 2. The number of amides is 2. The number of fused-ring (bicyclic) bond motifs is 1. The van der Waals surface area contributed by atoms with Crippen LogP contribution in [0, 0.1) is 0 Å². The molecule has 3 aromatic rings. The molecule has 28 heavy (non-hydrogen) atoms. The number of nitrogens with zero attached hydrogens (tertiary/aromatic N) is 1. The van der Waals surface area contributed by atoms with Gasteiger partial charge in [0.2, 0.25) is 0 Å². The van der Waals surface area contributed by atoms with E-state index in [-0.39, 0.29) is 11.8 Å². The minimum Gasteiger partial charge on any atom is -0.371 e. The van der Waals surface area contributed by atoms with Crippen LogP contribution in [-0.2, 0) is 6.42 Å². The molecule has 142 valence electrons. The third kappa shape index (κ3) is 3.64. The molecule has 0 radical (unpaired) electrons. The Labute approximate surface area is 168 Å². The molecule has 0 atom stereocenters. The number of carbonyl (C=O) groups excluding carboxylic acids is 2. The van der Waals surface area contributed by atoms with Gasteiger partial charge in [0, 0.05) is 24.5 Å². The summed E-state index contributed by atoms with van der Waals surface area (Å²) in [5.74, 6) is -0.463. The van der Waals surface area contributed by atoms with Crippen LogP contribution >= 0.6 is 11.3 Å². The Morgan fingerprint density at radius 2 is 1.89 bits per heavy atom. The van der Waals surface area contributed by atoms with Crippen molar-refractivity contribution >= 4 is 40.2 Å². The van der Waals surface area contributed by atoms with Crippen molar-refractivity contribution in [2.45, 2.75) is 13.3 Å². The monoisotopic (exact) mass is 391 g/mol. The molecule has 4 rings (SSSR count). The van der Waals surface area contributed by atoms with Gasteiger partial charge in [-0.1, -0.05) is 24.3 Å². The fraction of sp³-hybridized carbons (Fsp3) is 0.182. The molecule has 0 saturated carbocycles. The van der Waals surface area contributed by atoms with Crippen molar-refractivity contribution in [2.75, 3.05) is 28.6 Å². The van der Waals surface area contributed by atoms with Gasteiger partial charge in [-0.05, 0) is 54.6 Å². The Bertz CT molecular complexity index is 1010. The number of anilines is 3. The molecule has 5 nitrogen and oxygen atoms in total. The number of nitrogens with one attached hydrogen (secondary N) is 2. The standard InChI is InChI=1S/C22H21N3O2S/c1-2-25-12-11-15-9-10-16(14-19(15)25)23-21(26)17-6-3-4-7-18(17)24-22(27)20-8-5-13-28-20/h3-10,13-14H,2,11-12H2,1H3,(H,23,26)(H,24,27). The van der Waals surface area contributed by atoms with Crippen molar-refractivity contribution in [3.8, 4) is 0 Å². The molecule has 1 aliphatic rings. The van der Waals surface area contributed by atoms with E-state index in [2.05, 4.69) is 28.5 Å². The lowest BCUT2D eigenvalue weighted by Gasteiger charge is -2.17. The number of hydrogen-bond donors (Lipinski definition) is 2. The molecule has 1 aliphatic heterocycles. The van der Waals surface area contributed by atoms with Gasteiger partial charge in [0.1, 0.15) is 0 Å². The zero-order valence-electron chi connectivity index (χ0n) is 15.6. The molecule has 2 heterocycles. The first-order valence-electron chi connectivity index (χ1n) is 9.29. The number of likely N-dealkylation sites (N-methyl/N-ethyl adjacent to an activating group) is 1. The molecule has 0 aliphatic carbocycles. The molecule has 0 unspecified atom stereocenters. The maximum absolute atomic E-state index is 12.9. The molecule has 2 aromatic carbocycles. The maximum Gasteiger partial charge on any atom is 0.265 e. The smallest absolute Gasteiger partial charge is 0.265 e. The van der Waals surface area contributed by atoms with Crippen LogP contribution in [0.4, 0.5) is 17.1 Å². The molecule has 0 spiro atoms. The SMILES string of the molecule is CCN1CCc2ccc(NC(=O)c3ccccc3NC(=O)c3cccs3)cc21. The quantitative estimate of drug-likeness (QED) is 0.666. The summed E-state index contributed by atoms with van der Waals surface area (Å²) in [6.45, 7) is 4.09. The van der Waals surface area contributed by atoms with Gasteiger partial charge in [0.25, 0.3) is 11.8 Å². The normalized spacial score (nSPS) is 12.5. The van der Waals surface area contributed by atoms with Gasteiger partial charge < -0.3 is 15.5 Å². The van der Waals surface area contributed by atoms with Gasteiger partial charge in [-0.2, -0.15) is 0 Å². The summed E-state index contributed by atoms with van der Waals surface area (Å²) >= 11 is 1.36. The molecule has 2 amide bonds. The lowest BCUT2D eigenvalue weighted by atomic mass is 10.1. The second-order valence-electron chi connectivity index (χ2n) is 6.60. The van der Waals surface area contributed by atoms with Gasteiger partial charge in [-0.25, -0.2) is 0 Å². The van der Waals surface area contributed by atoms with Crippen LogP contribution in [0.5, 0.6) is 0 Å². The van der Waals surface area contributed by atoms with E-state index < -0.39 is 0 Å². The Kier molecular flexibility index (Phi) is 5.12. The summed E-state index contributed by atoms with van der Waals surface area (Å²) in [5, 5.41) is 7.65. The molecule has 6 heteroatoms.